The number of carbonyl (C=O) groups is 1. The molecule has 0 bridgehead atoms. The minimum atomic E-state index is -3.74. The molecule has 0 spiro atoms. The molecule has 2 N–H and O–H groups in total. The molecule has 0 aliphatic carbocycles. The van der Waals surface area contributed by atoms with Crippen molar-refractivity contribution in [3.8, 4) is 5.75 Å². The summed E-state index contributed by atoms with van der Waals surface area (Å²) in [5.74, 6) is 0.0191. The van der Waals surface area contributed by atoms with E-state index in [-0.39, 0.29) is 23.0 Å². The Morgan fingerprint density at radius 1 is 1.17 bits per heavy atom. The molecule has 0 aliphatic rings. The molecule has 1 heterocycles. The van der Waals surface area contributed by atoms with E-state index in [1.165, 1.54) is 25.3 Å². The zero-order valence-corrected chi connectivity index (χ0v) is 17.6. The molecule has 8 nitrogen and oxygen atoms in total. The number of aromatic nitrogens is 2. The number of amides is 1. The quantitative estimate of drug-likeness (QED) is 0.510. The van der Waals surface area contributed by atoms with Gasteiger partial charge in [0, 0.05) is 31.0 Å². The number of carbonyl (C=O) groups excluding carboxylic acids is 1. The third-order valence-corrected chi connectivity index (χ3v) is 5.95. The zero-order valence-electron chi connectivity index (χ0n) is 16.8. The van der Waals surface area contributed by atoms with E-state index < -0.39 is 10.0 Å². The maximum absolute atomic E-state index is 12.7. The lowest BCUT2D eigenvalue weighted by atomic mass is 10.1. The third-order valence-electron chi connectivity index (χ3n) is 4.49. The summed E-state index contributed by atoms with van der Waals surface area (Å²) >= 11 is 0. The smallest absolute Gasteiger partial charge is 0.255 e. The average molecular weight is 429 g/mol. The normalized spacial score (nSPS) is 11.3. The maximum Gasteiger partial charge on any atom is 0.255 e. The van der Waals surface area contributed by atoms with E-state index in [0.717, 1.165) is 5.56 Å². The second-order valence-electron chi connectivity index (χ2n) is 6.73. The van der Waals surface area contributed by atoms with E-state index in [1.54, 1.807) is 24.7 Å². The fraction of sp³-hybridized carbons (Fsp3) is 0.238. The fourth-order valence-corrected chi connectivity index (χ4v) is 3.92. The molecule has 0 radical (unpaired) electrons. The van der Waals surface area contributed by atoms with E-state index >= 15 is 0 Å². The van der Waals surface area contributed by atoms with Crippen LogP contribution in [0.1, 0.15) is 22.3 Å². The molecule has 3 aromatic rings. The molecule has 0 atom stereocenters. The Morgan fingerprint density at radius 2 is 1.93 bits per heavy atom. The van der Waals surface area contributed by atoms with Crippen LogP contribution in [0.5, 0.6) is 5.75 Å². The van der Waals surface area contributed by atoms with E-state index in [9.17, 15) is 13.2 Å². The highest BCUT2D eigenvalue weighted by Crippen LogP contribution is 2.28. The van der Waals surface area contributed by atoms with Crippen molar-refractivity contribution in [2.24, 2.45) is 0 Å². The van der Waals surface area contributed by atoms with Gasteiger partial charge in [0.1, 0.15) is 5.75 Å². The van der Waals surface area contributed by atoms with Crippen molar-refractivity contribution in [1.82, 2.24) is 14.3 Å². The number of benzene rings is 2. The van der Waals surface area contributed by atoms with Crippen LogP contribution in [0.15, 0.2) is 66.1 Å². The largest absolute Gasteiger partial charge is 0.495 e. The Bertz CT molecular complexity index is 1090. The Kier molecular flexibility index (Phi) is 6.86. The van der Waals surface area contributed by atoms with Crippen LogP contribution in [-0.4, -0.2) is 37.5 Å². The Morgan fingerprint density at radius 3 is 2.60 bits per heavy atom. The van der Waals surface area contributed by atoms with Crippen LogP contribution in [0.3, 0.4) is 0 Å². The van der Waals surface area contributed by atoms with Gasteiger partial charge in [-0.1, -0.05) is 17.7 Å². The van der Waals surface area contributed by atoms with E-state index in [4.69, 9.17) is 4.74 Å². The number of methoxy groups -OCH3 is 1. The van der Waals surface area contributed by atoms with E-state index in [2.05, 4.69) is 15.0 Å². The number of sulfonamides is 1. The summed E-state index contributed by atoms with van der Waals surface area (Å²) < 4.78 is 35.0. The average Bonchev–Trinajstić information content (AvgIpc) is 3.25. The predicted octanol–water partition coefficient (Wildman–Crippen LogP) is 2.82. The fourth-order valence-electron chi connectivity index (χ4n) is 2.82. The molecule has 0 fully saturated rings. The molecule has 0 saturated heterocycles. The Hall–Kier alpha value is -3.17. The maximum atomic E-state index is 12.7. The van der Waals surface area contributed by atoms with Gasteiger partial charge in [-0.25, -0.2) is 18.1 Å². The lowest BCUT2D eigenvalue weighted by Crippen LogP contribution is -2.25. The molecule has 1 amide bonds. The first-order valence-corrected chi connectivity index (χ1v) is 10.9. The summed E-state index contributed by atoms with van der Waals surface area (Å²) in [7, 11) is -2.28. The van der Waals surface area contributed by atoms with Crippen LogP contribution in [-0.2, 0) is 16.6 Å². The van der Waals surface area contributed by atoms with Crippen LogP contribution in [0.2, 0.25) is 0 Å². The van der Waals surface area contributed by atoms with Gasteiger partial charge in [0.2, 0.25) is 10.0 Å². The van der Waals surface area contributed by atoms with Crippen LogP contribution in [0.4, 0.5) is 5.69 Å². The second kappa shape index (κ2) is 9.55. The highest BCUT2D eigenvalue weighted by Gasteiger charge is 2.17. The summed E-state index contributed by atoms with van der Waals surface area (Å²) in [6.45, 7) is 2.86. The second-order valence-corrected chi connectivity index (χ2v) is 8.50. The van der Waals surface area contributed by atoms with Gasteiger partial charge in [0.15, 0.2) is 0 Å². The minimum absolute atomic E-state index is 0.0464. The molecule has 2 aromatic carbocycles. The van der Waals surface area contributed by atoms with Crippen molar-refractivity contribution >= 4 is 21.6 Å². The number of hydrogen-bond acceptors (Lipinski definition) is 5. The number of rotatable bonds is 9. The summed E-state index contributed by atoms with van der Waals surface area (Å²) in [6, 6.07) is 11.4. The third kappa shape index (κ3) is 5.46. The van der Waals surface area contributed by atoms with Crippen LogP contribution < -0.4 is 14.8 Å². The lowest BCUT2D eigenvalue weighted by molar-refractivity contribution is 0.102. The van der Waals surface area contributed by atoms with Crippen molar-refractivity contribution in [2.75, 3.05) is 19.0 Å². The van der Waals surface area contributed by atoms with Crippen molar-refractivity contribution in [2.45, 2.75) is 24.8 Å². The van der Waals surface area contributed by atoms with Crippen molar-refractivity contribution < 1.29 is 17.9 Å². The lowest BCUT2D eigenvalue weighted by Gasteiger charge is -2.13. The van der Waals surface area contributed by atoms with Crippen LogP contribution >= 0.6 is 0 Å². The van der Waals surface area contributed by atoms with Crippen LogP contribution in [0.25, 0.3) is 0 Å². The zero-order chi connectivity index (χ0) is 21.6. The molecule has 0 saturated carbocycles. The Balaban J connectivity index is 1.70. The van der Waals surface area contributed by atoms with Gasteiger partial charge in [-0.05, 0) is 43.7 Å². The molecule has 0 aliphatic heterocycles. The molecular formula is C21H24N4O4S. The van der Waals surface area contributed by atoms with Gasteiger partial charge in [0.25, 0.3) is 5.91 Å². The predicted molar refractivity (Wildman–Crippen MR) is 114 cm³/mol. The molecule has 158 valence electrons. The first kappa shape index (κ1) is 21.5. The molecular weight excluding hydrogens is 404 g/mol. The van der Waals surface area contributed by atoms with Crippen molar-refractivity contribution in [3.63, 3.8) is 0 Å². The molecule has 3 rings (SSSR count). The number of hydrogen-bond donors (Lipinski definition) is 2. The van der Waals surface area contributed by atoms with Crippen molar-refractivity contribution in [1.29, 1.82) is 0 Å². The number of imidazole rings is 1. The minimum Gasteiger partial charge on any atom is -0.495 e. The van der Waals surface area contributed by atoms with E-state index in [1.807, 2.05) is 29.8 Å². The van der Waals surface area contributed by atoms with Crippen LogP contribution in [0, 0.1) is 6.92 Å². The summed E-state index contributed by atoms with van der Waals surface area (Å²) in [6.07, 6.45) is 5.79. The number of ether oxygens (including phenoxy) is 1. The number of nitrogens with one attached hydrogen (secondary N) is 2. The van der Waals surface area contributed by atoms with Gasteiger partial charge < -0.3 is 14.6 Å². The molecule has 1 aromatic heterocycles. The SMILES string of the molecule is COc1ccc(S(=O)(=O)NCCCn2ccnc2)cc1NC(=O)c1ccc(C)cc1. The highest BCUT2D eigenvalue weighted by atomic mass is 32.2. The van der Waals surface area contributed by atoms with Crippen molar-refractivity contribution in [3.05, 3.63) is 72.3 Å². The van der Waals surface area contributed by atoms with Gasteiger partial charge in [-0.2, -0.15) is 0 Å². The standard InChI is InChI=1S/C21H24N4O4S/c1-16-4-6-17(7-5-16)21(26)24-19-14-18(8-9-20(19)29-2)30(27,28)23-10-3-12-25-13-11-22-15-25/h4-9,11,13-15,23H,3,10,12H2,1-2H3,(H,24,26). The number of aryl methyl sites for hydroxylation is 2. The number of nitrogens with zero attached hydrogens (tertiary/aromatic N) is 2. The molecule has 9 heteroatoms. The summed E-state index contributed by atoms with van der Waals surface area (Å²) in [4.78, 5) is 16.5. The molecule has 0 unspecified atom stereocenters. The summed E-state index contributed by atoms with van der Waals surface area (Å²) in [5, 5.41) is 2.73. The summed E-state index contributed by atoms with van der Waals surface area (Å²) in [5.41, 5.74) is 1.79. The van der Waals surface area contributed by atoms with Gasteiger partial charge in [0.05, 0.1) is 24.0 Å². The topological polar surface area (TPSA) is 102 Å². The van der Waals surface area contributed by atoms with Gasteiger partial charge in [-0.3, -0.25) is 4.79 Å². The Labute approximate surface area is 176 Å². The number of anilines is 1. The van der Waals surface area contributed by atoms with E-state index in [0.29, 0.717) is 24.3 Å². The molecule has 30 heavy (non-hydrogen) atoms. The van der Waals surface area contributed by atoms with Gasteiger partial charge in [-0.15, -0.1) is 0 Å². The van der Waals surface area contributed by atoms with Gasteiger partial charge >= 0.3 is 0 Å². The first-order valence-electron chi connectivity index (χ1n) is 9.40. The first-order chi connectivity index (χ1) is 14.4. The highest BCUT2D eigenvalue weighted by molar-refractivity contribution is 7.89. The monoisotopic (exact) mass is 428 g/mol.